The lowest BCUT2D eigenvalue weighted by molar-refractivity contribution is -0.116. The lowest BCUT2D eigenvalue weighted by Gasteiger charge is -2.33. The fourth-order valence-corrected chi connectivity index (χ4v) is 2.39. The monoisotopic (exact) mass is 258 g/mol. The first-order valence-corrected chi connectivity index (χ1v) is 6.87. The number of nitrogens with zero attached hydrogens (tertiary/aromatic N) is 1. The number of benzene rings is 1. The summed E-state index contributed by atoms with van der Waals surface area (Å²) in [5.74, 6) is -0.0877. The van der Waals surface area contributed by atoms with Crippen LogP contribution in [0.1, 0.15) is 39.2 Å². The molecular weight excluding hydrogens is 236 g/mol. The van der Waals surface area contributed by atoms with Crippen molar-refractivity contribution in [3.63, 3.8) is 0 Å². The molecule has 0 aliphatic carbocycles. The highest BCUT2D eigenvalue weighted by Crippen LogP contribution is 2.34. The van der Waals surface area contributed by atoms with Gasteiger partial charge in [0.25, 0.3) is 5.91 Å². The molecule has 1 amide bonds. The van der Waals surface area contributed by atoms with Crippen LogP contribution in [0.3, 0.4) is 0 Å². The van der Waals surface area contributed by atoms with Crippen LogP contribution in [0.5, 0.6) is 0 Å². The molecule has 1 aliphatic rings. The molecule has 0 radical (unpaired) electrons. The van der Waals surface area contributed by atoms with Crippen molar-refractivity contribution in [2.24, 2.45) is 0 Å². The number of hydrogen-bond acceptors (Lipinski definition) is 2. The molecule has 1 aliphatic heterocycles. The Labute approximate surface area is 115 Å². The lowest BCUT2D eigenvalue weighted by atomic mass is 9.95. The van der Waals surface area contributed by atoms with Crippen molar-refractivity contribution in [1.29, 1.82) is 0 Å². The van der Waals surface area contributed by atoms with E-state index in [1.54, 1.807) is 0 Å². The van der Waals surface area contributed by atoms with E-state index in [9.17, 15) is 4.79 Å². The largest absolute Gasteiger partial charge is 0.275 e. The summed E-state index contributed by atoms with van der Waals surface area (Å²) < 4.78 is 0. The Balaban J connectivity index is 2.37. The first-order valence-electron chi connectivity index (χ1n) is 6.87. The zero-order valence-corrected chi connectivity index (χ0v) is 12.0. The minimum Gasteiger partial charge on any atom is -0.275 e. The van der Waals surface area contributed by atoms with Gasteiger partial charge in [-0.2, -0.15) is 0 Å². The number of nitrogens with one attached hydrogen (secondary N) is 1. The van der Waals surface area contributed by atoms with Crippen molar-refractivity contribution in [2.75, 3.05) is 5.01 Å². The molecule has 1 fully saturated rings. The van der Waals surface area contributed by atoms with Crippen LogP contribution in [0.4, 0.5) is 5.69 Å². The van der Waals surface area contributed by atoms with Gasteiger partial charge in [0.1, 0.15) is 0 Å². The average molecular weight is 258 g/mol. The topological polar surface area (TPSA) is 32.3 Å². The maximum atomic E-state index is 11.8. The maximum Gasteiger partial charge on any atom is 0.267 e. The van der Waals surface area contributed by atoms with Crippen LogP contribution < -0.4 is 10.4 Å². The zero-order chi connectivity index (χ0) is 14.0. The summed E-state index contributed by atoms with van der Waals surface area (Å²) in [7, 11) is 0. The van der Waals surface area contributed by atoms with Crippen LogP contribution in [0.2, 0.25) is 0 Å². The molecule has 1 aromatic carbocycles. The predicted octanol–water partition coefficient (Wildman–Crippen LogP) is 3.22. The zero-order valence-electron chi connectivity index (χ0n) is 12.0. The second kappa shape index (κ2) is 5.08. The van der Waals surface area contributed by atoms with Crippen molar-refractivity contribution >= 4 is 11.6 Å². The van der Waals surface area contributed by atoms with Crippen molar-refractivity contribution in [1.82, 2.24) is 5.43 Å². The molecule has 0 bridgehead atoms. The molecule has 0 spiro atoms. The van der Waals surface area contributed by atoms with Gasteiger partial charge in [0.2, 0.25) is 0 Å². The van der Waals surface area contributed by atoms with Crippen molar-refractivity contribution < 1.29 is 4.79 Å². The quantitative estimate of drug-likeness (QED) is 0.841. The fraction of sp³-hybridized carbons (Fsp3) is 0.438. The second-order valence-electron chi connectivity index (χ2n) is 5.55. The van der Waals surface area contributed by atoms with Crippen molar-refractivity contribution in [3.05, 3.63) is 42.0 Å². The van der Waals surface area contributed by atoms with E-state index in [2.05, 4.69) is 31.1 Å². The summed E-state index contributed by atoms with van der Waals surface area (Å²) >= 11 is 0. The Morgan fingerprint density at radius 3 is 2.58 bits per heavy atom. The number of carbonyl (C=O) groups excluding carboxylic acids is 1. The molecule has 102 valence electrons. The summed E-state index contributed by atoms with van der Waals surface area (Å²) in [6, 6.07) is 8.25. The van der Waals surface area contributed by atoms with Gasteiger partial charge in [-0.1, -0.05) is 38.1 Å². The van der Waals surface area contributed by atoms with Gasteiger partial charge in [0, 0.05) is 5.57 Å². The predicted molar refractivity (Wildman–Crippen MR) is 78.9 cm³/mol. The third kappa shape index (κ3) is 2.37. The normalized spacial score (nSPS) is 17.7. The summed E-state index contributed by atoms with van der Waals surface area (Å²) in [6.07, 6.45) is 3.35. The van der Waals surface area contributed by atoms with Crippen molar-refractivity contribution in [3.8, 4) is 0 Å². The minimum atomic E-state index is -0.389. The molecule has 0 aromatic heterocycles. The number of hydrogen-bond donors (Lipinski definition) is 1. The van der Waals surface area contributed by atoms with Gasteiger partial charge in [-0.15, -0.1) is 0 Å². The van der Waals surface area contributed by atoms with Crippen LogP contribution in [0.25, 0.3) is 0 Å². The van der Waals surface area contributed by atoms with E-state index in [4.69, 9.17) is 0 Å². The van der Waals surface area contributed by atoms with Crippen LogP contribution in [0, 0.1) is 0 Å². The van der Waals surface area contributed by atoms with Gasteiger partial charge >= 0.3 is 0 Å². The second-order valence-corrected chi connectivity index (χ2v) is 5.55. The van der Waals surface area contributed by atoms with Gasteiger partial charge in [-0.05, 0) is 38.3 Å². The average Bonchev–Trinajstić information content (AvgIpc) is 2.60. The standard InChI is InChI=1S/C16H22N2O/c1-5-6-9-13-10-7-8-11-14(13)18-16(3,4)12(2)15(19)17-18/h7-8,10-11H,2,5-6,9H2,1,3-4H3,(H,17,19). The lowest BCUT2D eigenvalue weighted by Crippen LogP contribution is -2.45. The molecule has 3 nitrogen and oxygen atoms in total. The molecule has 0 atom stereocenters. The summed E-state index contributed by atoms with van der Waals surface area (Å²) in [4.78, 5) is 11.8. The van der Waals surface area contributed by atoms with Crippen LogP contribution in [-0.4, -0.2) is 11.4 Å². The number of carbonyl (C=O) groups is 1. The van der Waals surface area contributed by atoms with E-state index in [-0.39, 0.29) is 11.4 Å². The molecule has 19 heavy (non-hydrogen) atoms. The van der Waals surface area contributed by atoms with Crippen LogP contribution in [-0.2, 0) is 11.2 Å². The molecule has 1 N–H and O–H groups in total. The molecule has 3 heteroatoms. The maximum absolute atomic E-state index is 11.8. The Morgan fingerprint density at radius 1 is 1.32 bits per heavy atom. The van der Waals surface area contributed by atoms with Crippen LogP contribution >= 0.6 is 0 Å². The van der Waals surface area contributed by atoms with E-state index in [0.29, 0.717) is 5.57 Å². The number of hydrazine groups is 1. The first kappa shape index (κ1) is 13.7. The summed E-state index contributed by atoms with van der Waals surface area (Å²) in [5.41, 5.74) is 5.49. The first-order chi connectivity index (χ1) is 8.98. The van der Waals surface area contributed by atoms with E-state index >= 15 is 0 Å². The number of unbranched alkanes of at least 4 members (excludes halogenated alkanes) is 1. The third-order valence-corrected chi connectivity index (χ3v) is 3.82. The van der Waals surface area contributed by atoms with Gasteiger partial charge in [0.15, 0.2) is 0 Å². The van der Waals surface area contributed by atoms with E-state index in [1.807, 2.05) is 31.0 Å². The van der Waals surface area contributed by atoms with Gasteiger partial charge in [0.05, 0.1) is 11.2 Å². The highest BCUT2D eigenvalue weighted by atomic mass is 16.2. The van der Waals surface area contributed by atoms with Gasteiger partial charge in [-0.25, -0.2) is 0 Å². The number of anilines is 1. The molecular formula is C16H22N2O. The SMILES string of the molecule is C=C1C(=O)NN(c2ccccc2CCCC)C1(C)C. The molecule has 2 rings (SSSR count). The molecule has 1 heterocycles. The molecule has 1 aromatic rings. The Hall–Kier alpha value is -1.77. The summed E-state index contributed by atoms with van der Waals surface area (Å²) in [5, 5.41) is 1.95. The molecule has 1 saturated heterocycles. The van der Waals surface area contributed by atoms with Gasteiger partial charge < -0.3 is 0 Å². The number of rotatable bonds is 4. The van der Waals surface area contributed by atoms with Crippen molar-refractivity contribution in [2.45, 2.75) is 45.6 Å². The molecule has 0 saturated carbocycles. The van der Waals surface area contributed by atoms with E-state index in [0.717, 1.165) is 24.9 Å². The van der Waals surface area contributed by atoms with Crippen LogP contribution in [0.15, 0.2) is 36.4 Å². The highest BCUT2D eigenvalue weighted by molar-refractivity contribution is 6.00. The Morgan fingerprint density at radius 2 is 2.00 bits per heavy atom. The number of aryl methyl sites for hydroxylation is 1. The fourth-order valence-electron chi connectivity index (χ4n) is 2.39. The molecule has 0 unspecified atom stereocenters. The van der Waals surface area contributed by atoms with Gasteiger partial charge in [-0.3, -0.25) is 15.2 Å². The third-order valence-electron chi connectivity index (χ3n) is 3.82. The van der Waals surface area contributed by atoms with E-state index in [1.165, 1.54) is 5.56 Å². The summed E-state index contributed by atoms with van der Waals surface area (Å²) in [6.45, 7) is 10.1. The van der Waals surface area contributed by atoms with E-state index < -0.39 is 0 Å². The minimum absolute atomic E-state index is 0.0877. The highest BCUT2D eigenvalue weighted by Gasteiger charge is 2.42. The Kier molecular flexibility index (Phi) is 3.65. The number of para-hydroxylation sites is 1. The Bertz CT molecular complexity index is 505. The number of amides is 1. The smallest absolute Gasteiger partial charge is 0.267 e.